The van der Waals surface area contributed by atoms with E-state index in [1.54, 1.807) is 0 Å². The Balaban J connectivity index is 0.00000288. The molecule has 3 N–H and O–H groups in total. The first-order valence-electron chi connectivity index (χ1n) is 8.30. The third-order valence-electron chi connectivity index (χ3n) is 4.57. The van der Waals surface area contributed by atoms with Crippen LogP contribution >= 0.6 is 24.0 Å². The maximum Gasteiger partial charge on any atom is 0.236 e. The van der Waals surface area contributed by atoms with E-state index in [0.29, 0.717) is 32.1 Å². The lowest BCUT2D eigenvalue weighted by Crippen LogP contribution is -2.49. The normalized spacial score (nSPS) is 17.9. The van der Waals surface area contributed by atoms with Crippen LogP contribution in [0.4, 0.5) is 0 Å². The molecule has 24 heavy (non-hydrogen) atoms. The molecule has 1 aromatic carbocycles. The number of carbonyl (C=O) groups is 1. The number of hydrogen-bond acceptors (Lipinski definition) is 3. The van der Waals surface area contributed by atoms with E-state index in [4.69, 9.17) is 22.1 Å². The van der Waals surface area contributed by atoms with Gasteiger partial charge in [0, 0.05) is 30.2 Å². The summed E-state index contributed by atoms with van der Waals surface area (Å²) in [5.74, 6) is 0.336. The number of amides is 1. The molecule has 0 saturated carbocycles. The van der Waals surface area contributed by atoms with E-state index in [9.17, 15) is 4.79 Å². The van der Waals surface area contributed by atoms with Gasteiger partial charge in [-0.1, -0.05) is 37.6 Å². The molecule has 1 fully saturated rings. The Morgan fingerprint density at radius 2 is 1.88 bits per heavy atom. The number of nitrogens with one attached hydrogen (secondary N) is 1. The van der Waals surface area contributed by atoms with Crippen molar-refractivity contribution in [2.45, 2.75) is 44.6 Å². The van der Waals surface area contributed by atoms with E-state index < -0.39 is 6.04 Å². The third kappa shape index (κ3) is 5.62. The Kier molecular flexibility index (Phi) is 8.51. The van der Waals surface area contributed by atoms with E-state index in [1.165, 1.54) is 5.56 Å². The molecule has 2 rings (SSSR count). The van der Waals surface area contributed by atoms with Crippen molar-refractivity contribution < 1.29 is 9.53 Å². The van der Waals surface area contributed by atoms with E-state index in [-0.39, 0.29) is 23.7 Å². The second-order valence-corrected chi connectivity index (χ2v) is 7.29. The highest BCUT2D eigenvalue weighted by Crippen LogP contribution is 2.34. The van der Waals surface area contributed by atoms with Crippen molar-refractivity contribution in [2.24, 2.45) is 11.7 Å². The predicted octanol–water partition coefficient (Wildman–Crippen LogP) is 3.30. The summed E-state index contributed by atoms with van der Waals surface area (Å²) in [5, 5.41) is 3.78. The summed E-state index contributed by atoms with van der Waals surface area (Å²) in [6.07, 6.45) is 2.46. The summed E-state index contributed by atoms with van der Waals surface area (Å²) < 4.78 is 5.51. The molecular formula is C18H28Cl2N2O2. The molecule has 1 saturated heterocycles. The van der Waals surface area contributed by atoms with Crippen LogP contribution < -0.4 is 11.1 Å². The molecule has 6 heteroatoms. The van der Waals surface area contributed by atoms with Gasteiger partial charge in [-0.3, -0.25) is 4.79 Å². The molecular weight excluding hydrogens is 347 g/mol. The lowest BCUT2D eigenvalue weighted by atomic mass is 9.74. The summed E-state index contributed by atoms with van der Waals surface area (Å²) in [6.45, 7) is 6.14. The van der Waals surface area contributed by atoms with Crippen molar-refractivity contribution in [3.05, 3.63) is 34.9 Å². The second-order valence-electron chi connectivity index (χ2n) is 6.85. The van der Waals surface area contributed by atoms with E-state index in [2.05, 4.69) is 19.2 Å². The topological polar surface area (TPSA) is 64.4 Å². The molecule has 0 radical (unpaired) electrons. The van der Waals surface area contributed by atoms with Crippen LogP contribution in [0.25, 0.3) is 0 Å². The van der Waals surface area contributed by atoms with Crippen molar-refractivity contribution >= 4 is 29.9 Å². The summed E-state index contributed by atoms with van der Waals surface area (Å²) in [4.78, 5) is 12.3. The lowest BCUT2D eigenvalue weighted by molar-refractivity contribution is -0.123. The molecule has 4 nitrogen and oxygen atoms in total. The largest absolute Gasteiger partial charge is 0.381 e. The molecule has 136 valence electrons. The van der Waals surface area contributed by atoms with Gasteiger partial charge in [0.25, 0.3) is 0 Å². The summed E-state index contributed by atoms with van der Waals surface area (Å²) in [6, 6.07) is 7.46. The van der Waals surface area contributed by atoms with Gasteiger partial charge in [0.2, 0.25) is 5.91 Å². The Morgan fingerprint density at radius 3 is 2.42 bits per heavy atom. The maximum absolute atomic E-state index is 12.3. The molecule has 1 aliphatic rings. The zero-order valence-electron chi connectivity index (χ0n) is 14.4. The predicted molar refractivity (Wildman–Crippen MR) is 101 cm³/mol. The first-order valence-corrected chi connectivity index (χ1v) is 8.68. The van der Waals surface area contributed by atoms with Crippen molar-refractivity contribution in [3.8, 4) is 0 Å². The molecule has 0 unspecified atom stereocenters. The molecule has 1 amide bonds. The van der Waals surface area contributed by atoms with Gasteiger partial charge in [0.1, 0.15) is 0 Å². The fraction of sp³-hybridized carbons (Fsp3) is 0.611. The Morgan fingerprint density at radius 1 is 1.29 bits per heavy atom. The first kappa shape index (κ1) is 21.2. The van der Waals surface area contributed by atoms with E-state index >= 15 is 0 Å². The lowest BCUT2D eigenvalue weighted by Gasteiger charge is -2.38. The minimum Gasteiger partial charge on any atom is -0.381 e. The zero-order valence-corrected chi connectivity index (χ0v) is 16.0. The third-order valence-corrected chi connectivity index (χ3v) is 4.82. The van der Waals surface area contributed by atoms with Crippen LogP contribution in [0.2, 0.25) is 5.02 Å². The SMILES string of the molecule is CC(C)C[C@H](N)C(=O)NCC1(c2ccc(Cl)cc2)CCOCC1.Cl. The van der Waals surface area contributed by atoms with Crippen LogP contribution in [0, 0.1) is 5.92 Å². The van der Waals surface area contributed by atoms with E-state index in [1.807, 2.05) is 24.3 Å². The average Bonchev–Trinajstić information content (AvgIpc) is 2.53. The molecule has 1 atom stereocenters. The number of benzene rings is 1. The number of rotatable bonds is 6. The van der Waals surface area contributed by atoms with Gasteiger partial charge in [0.15, 0.2) is 0 Å². The Hall–Kier alpha value is -0.810. The molecule has 0 bridgehead atoms. The minimum absolute atomic E-state index is 0. The zero-order chi connectivity index (χ0) is 16.9. The Bertz CT molecular complexity index is 514. The van der Waals surface area contributed by atoms with Gasteiger partial charge in [-0.25, -0.2) is 0 Å². The summed E-state index contributed by atoms with van der Waals surface area (Å²) in [5.41, 5.74) is 7.08. The van der Waals surface area contributed by atoms with Crippen LogP contribution in [-0.4, -0.2) is 31.7 Å². The molecule has 0 aliphatic carbocycles. The van der Waals surface area contributed by atoms with Crippen LogP contribution in [-0.2, 0) is 14.9 Å². The first-order chi connectivity index (χ1) is 10.9. The van der Waals surface area contributed by atoms with Crippen molar-refractivity contribution in [3.63, 3.8) is 0 Å². The highest BCUT2D eigenvalue weighted by atomic mass is 35.5. The molecule has 1 heterocycles. The van der Waals surface area contributed by atoms with E-state index in [0.717, 1.165) is 17.9 Å². The molecule has 1 aromatic rings. The highest BCUT2D eigenvalue weighted by molar-refractivity contribution is 6.30. The van der Waals surface area contributed by atoms with Crippen LogP contribution in [0.1, 0.15) is 38.7 Å². The van der Waals surface area contributed by atoms with Gasteiger partial charge < -0.3 is 15.8 Å². The molecule has 1 aliphatic heterocycles. The monoisotopic (exact) mass is 374 g/mol. The maximum atomic E-state index is 12.3. The van der Waals surface area contributed by atoms with Crippen LogP contribution in [0.3, 0.4) is 0 Å². The number of halogens is 2. The van der Waals surface area contributed by atoms with Crippen molar-refractivity contribution in [1.82, 2.24) is 5.32 Å². The number of ether oxygens (including phenoxy) is 1. The second kappa shape index (κ2) is 9.62. The van der Waals surface area contributed by atoms with Crippen LogP contribution in [0.5, 0.6) is 0 Å². The van der Waals surface area contributed by atoms with Gasteiger partial charge in [0.05, 0.1) is 6.04 Å². The van der Waals surface area contributed by atoms with Gasteiger partial charge in [-0.2, -0.15) is 0 Å². The molecule has 0 spiro atoms. The van der Waals surface area contributed by atoms with Crippen LogP contribution in [0.15, 0.2) is 24.3 Å². The number of nitrogens with two attached hydrogens (primary N) is 1. The fourth-order valence-corrected chi connectivity index (χ4v) is 3.26. The van der Waals surface area contributed by atoms with Crippen molar-refractivity contribution in [2.75, 3.05) is 19.8 Å². The number of carbonyl (C=O) groups excluding carboxylic acids is 1. The average molecular weight is 375 g/mol. The quantitative estimate of drug-likeness (QED) is 0.802. The molecule has 0 aromatic heterocycles. The smallest absolute Gasteiger partial charge is 0.236 e. The minimum atomic E-state index is -0.447. The summed E-state index contributed by atoms with van der Waals surface area (Å²) in [7, 11) is 0. The van der Waals surface area contributed by atoms with Crippen molar-refractivity contribution in [1.29, 1.82) is 0 Å². The van der Waals surface area contributed by atoms with Gasteiger partial charge in [-0.05, 0) is 42.9 Å². The fourth-order valence-electron chi connectivity index (χ4n) is 3.14. The standard InChI is InChI=1S/C18H27ClN2O2.ClH/c1-13(2)11-16(20)17(22)21-12-18(7-9-23-10-8-18)14-3-5-15(19)6-4-14;/h3-6,13,16H,7-12,20H2,1-2H3,(H,21,22);1H/t16-;/m0./s1. The Labute approximate surface area is 155 Å². The highest BCUT2D eigenvalue weighted by Gasteiger charge is 2.35. The number of hydrogen-bond donors (Lipinski definition) is 2. The van der Waals surface area contributed by atoms with Gasteiger partial charge in [-0.15, -0.1) is 12.4 Å². The summed E-state index contributed by atoms with van der Waals surface area (Å²) >= 11 is 6.00. The van der Waals surface area contributed by atoms with Gasteiger partial charge >= 0.3 is 0 Å².